The zero-order valence-corrected chi connectivity index (χ0v) is 16.6. The lowest BCUT2D eigenvalue weighted by molar-refractivity contribution is -0.129. The Kier molecular flexibility index (Phi) is 3.83. The summed E-state index contributed by atoms with van der Waals surface area (Å²) in [5.74, 6) is 0.657. The fraction of sp³-hybridized carbons (Fsp3) is 0.591. The number of carbonyl (C=O) groups excluding carboxylic acids is 2. The van der Waals surface area contributed by atoms with Gasteiger partial charge >= 0.3 is 0 Å². The lowest BCUT2D eigenvalue weighted by Gasteiger charge is -2.61. The standard InChI is InChI=1S/C22H28N4O2/c1-21(2)13-14(21)11-19(27)24-17-12-18(22(17)7-4-8-22)25-20(28)15-5-3-10-26-16(15)6-9-23-26/h3,5-6,9-10,14,17-18H,4,7-8,11-13H2,1-2H3,(H,24,27)(H,25,28). The first-order valence-electron chi connectivity index (χ1n) is 10.4. The average Bonchev–Trinajstić information content (AvgIpc) is 2.99. The number of hydrogen-bond donors (Lipinski definition) is 2. The minimum absolute atomic E-state index is 0.0492. The van der Waals surface area contributed by atoms with Crippen LogP contribution in [0, 0.1) is 16.7 Å². The Bertz CT molecular complexity index is 943. The first kappa shape index (κ1) is 17.7. The molecule has 0 aromatic carbocycles. The quantitative estimate of drug-likeness (QED) is 0.837. The number of nitrogens with one attached hydrogen (secondary N) is 2. The molecule has 6 heteroatoms. The molecule has 1 spiro atoms. The zero-order valence-electron chi connectivity index (χ0n) is 16.6. The molecule has 3 atom stereocenters. The van der Waals surface area contributed by atoms with Crippen molar-refractivity contribution in [2.24, 2.45) is 16.7 Å². The molecule has 0 bridgehead atoms. The highest BCUT2D eigenvalue weighted by atomic mass is 16.2. The lowest BCUT2D eigenvalue weighted by Crippen LogP contribution is -2.71. The van der Waals surface area contributed by atoms with Crippen molar-refractivity contribution in [1.29, 1.82) is 0 Å². The molecule has 3 saturated carbocycles. The molecule has 5 rings (SSSR count). The van der Waals surface area contributed by atoms with E-state index in [1.165, 1.54) is 6.42 Å². The number of hydrogen-bond acceptors (Lipinski definition) is 3. The van der Waals surface area contributed by atoms with Gasteiger partial charge in [-0.05, 0) is 55.2 Å². The van der Waals surface area contributed by atoms with Crippen molar-refractivity contribution in [2.75, 3.05) is 0 Å². The van der Waals surface area contributed by atoms with E-state index in [-0.39, 0.29) is 29.3 Å². The van der Waals surface area contributed by atoms with Gasteiger partial charge in [0.15, 0.2) is 0 Å². The third-order valence-corrected chi connectivity index (χ3v) is 7.61. The van der Waals surface area contributed by atoms with Crippen molar-refractivity contribution >= 4 is 17.3 Å². The van der Waals surface area contributed by atoms with Crippen LogP contribution in [0.15, 0.2) is 30.6 Å². The molecule has 0 radical (unpaired) electrons. The predicted octanol–water partition coefficient (Wildman–Crippen LogP) is 2.93. The minimum Gasteiger partial charge on any atom is -0.353 e. The molecule has 2 aromatic rings. The maximum Gasteiger partial charge on any atom is 0.253 e. The minimum atomic E-state index is -0.0492. The Labute approximate surface area is 165 Å². The van der Waals surface area contributed by atoms with E-state index in [2.05, 4.69) is 29.6 Å². The number of carbonyl (C=O) groups is 2. The SMILES string of the molecule is CC1(C)CC1CC(=O)NC1CC(NC(=O)c2cccn3nccc23)C12CCC2. The summed E-state index contributed by atoms with van der Waals surface area (Å²) >= 11 is 0. The molecule has 2 N–H and O–H groups in total. The summed E-state index contributed by atoms with van der Waals surface area (Å²) in [4.78, 5) is 25.4. The van der Waals surface area contributed by atoms with Crippen LogP contribution >= 0.6 is 0 Å². The van der Waals surface area contributed by atoms with Gasteiger partial charge in [-0.15, -0.1) is 0 Å². The van der Waals surface area contributed by atoms with Crippen molar-refractivity contribution in [1.82, 2.24) is 20.2 Å². The van der Waals surface area contributed by atoms with Crippen LogP contribution in [0.5, 0.6) is 0 Å². The van der Waals surface area contributed by atoms with Gasteiger partial charge in [-0.2, -0.15) is 5.10 Å². The van der Waals surface area contributed by atoms with E-state index in [1.54, 1.807) is 10.7 Å². The van der Waals surface area contributed by atoms with Crippen LogP contribution in [0.3, 0.4) is 0 Å². The van der Waals surface area contributed by atoms with E-state index in [9.17, 15) is 9.59 Å². The third-order valence-electron chi connectivity index (χ3n) is 7.61. The molecule has 28 heavy (non-hydrogen) atoms. The van der Waals surface area contributed by atoms with Crippen LogP contribution in [0.1, 0.15) is 62.7 Å². The largest absolute Gasteiger partial charge is 0.353 e. The van der Waals surface area contributed by atoms with E-state index < -0.39 is 0 Å². The summed E-state index contributed by atoms with van der Waals surface area (Å²) in [5.41, 5.74) is 1.85. The smallest absolute Gasteiger partial charge is 0.253 e. The Hall–Kier alpha value is -2.37. The maximum absolute atomic E-state index is 12.9. The molecule has 3 aliphatic carbocycles. The maximum atomic E-state index is 12.9. The molecular formula is C22H28N4O2. The summed E-state index contributed by atoms with van der Waals surface area (Å²) in [6, 6.07) is 5.88. The molecule has 3 fully saturated rings. The van der Waals surface area contributed by atoms with E-state index >= 15 is 0 Å². The highest BCUT2D eigenvalue weighted by Gasteiger charge is 2.59. The van der Waals surface area contributed by atoms with E-state index in [1.807, 2.05) is 24.4 Å². The normalized spacial score (nSPS) is 29.0. The second kappa shape index (κ2) is 6.06. The van der Waals surface area contributed by atoms with Crippen LogP contribution in [0.2, 0.25) is 0 Å². The van der Waals surface area contributed by atoms with Gasteiger partial charge in [-0.3, -0.25) is 9.59 Å². The fourth-order valence-corrected chi connectivity index (χ4v) is 5.26. The topological polar surface area (TPSA) is 75.5 Å². The summed E-state index contributed by atoms with van der Waals surface area (Å²) in [6.07, 6.45) is 9.49. The van der Waals surface area contributed by atoms with Crippen LogP contribution in [-0.2, 0) is 4.79 Å². The molecule has 0 aliphatic heterocycles. The van der Waals surface area contributed by atoms with Crippen LogP contribution in [-0.4, -0.2) is 33.5 Å². The van der Waals surface area contributed by atoms with E-state index in [0.717, 1.165) is 31.2 Å². The molecule has 3 unspecified atom stereocenters. The first-order chi connectivity index (χ1) is 13.4. The van der Waals surface area contributed by atoms with E-state index in [0.29, 0.717) is 23.3 Å². The Morgan fingerprint density at radius 2 is 1.96 bits per heavy atom. The Balaban J connectivity index is 1.23. The van der Waals surface area contributed by atoms with Gasteiger partial charge in [0.2, 0.25) is 5.91 Å². The predicted molar refractivity (Wildman–Crippen MR) is 106 cm³/mol. The van der Waals surface area contributed by atoms with Gasteiger partial charge in [-0.25, -0.2) is 4.52 Å². The monoisotopic (exact) mass is 380 g/mol. The average molecular weight is 380 g/mol. The van der Waals surface area contributed by atoms with Gasteiger partial charge in [0.25, 0.3) is 5.91 Å². The van der Waals surface area contributed by atoms with Gasteiger partial charge in [0.05, 0.1) is 17.3 Å². The van der Waals surface area contributed by atoms with Crippen LogP contribution < -0.4 is 10.6 Å². The number of rotatable bonds is 5. The highest BCUT2D eigenvalue weighted by molar-refractivity contribution is 6.00. The molecule has 3 aliphatic rings. The summed E-state index contributed by atoms with van der Waals surface area (Å²) in [5, 5.41) is 10.7. The summed E-state index contributed by atoms with van der Waals surface area (Å²) < 4.78 is 1.72. The van der Waals surface area contributed by atoms with Crippen LogP contribution in [0.25, 0.3) is 5.52 Å². The number of amides is 2. The lowest BCUT2D eigenvalue weighted by atomic mass is 9.49. The fourth-order valence-electron chi connectivity index (χ4n) is 5.26. The van der Waals surface area contributed by atoms with Crippen molar-refractivity contribution in [3.63, 3.8) is 0 Å². The highest BCUT2D eigenvalue weighted by Crippen LogP contribution is 2.57. The number of fused-ring (bicyclic) bond motifs is 1. The molecule has 0 saturated heterocycles. The van der Waals surface area contributed by atoms with Crippen LogP contribution in [0.4, 0.5) is 0 Å². The Morgan fingerprint density at radius 3 is 2.64 bits per heavy atom. The zero-order chi connectivity index (χ0) is 19.5. The first-order valence-corrected chi connectivity index (χ1v) is 10.4. The molecular weight excluding hydrogens is 352 g/mol. The molecule has 2 heterocycles. The van der Waals surface area contributed by atoms with Crippen molar-refractivity contribution in [3.05, 3.63) is 36.2 Å². The van der Waals surface area contributed by atoms with Gasteiger partial charge in [0, 0.05) is 30.1 Å². The third kappa shape index (κ3) is 2.73. The molecule has 2 aromatic heterocycles. The van der Waals surface area contributed by atoms with Gasteiger partial charge in [-0.1, -0.05) is 20.3 Å². The molecule has 2 amide bonds. The van der Waals surface area contributed by atoms with Gasteiger partial charge in [0.1, 0.15) is 0 Å². The number of pyridine rings is 1. The molecule has 6 nitrogen and oxygen atoms in total. The Morgan fingerprint density at radius 1 is 1.21 bits per heavy atom. The van der Waals surface area contributed by atoms with Crippen molar-refractivity contribution in [3.8, 4) is 0 Å². The van der Waals surface area contributed by atoms with E-state index in [4.69, 9.17) is 0 Å². The summed E-state index contributed by atoms with van der Waals surface area (Å²) in [7, 11) is 0. The van der Waals surface area contributed by atoms with Crippen molar-refractivity contribution in [2.45, 2.75) is 64.5 Å². The summed E-state index contributed by atoms with van der Waals surface area (Å²) in [6.45, 7) is 4.46. The molecule has 148 valence electrons. The second-order valence-electron chi connectivity index (χ2n) is 9.65. The number of aromatic nitrogens is 2. The number of nitrogens with zero attached hydrogens (tertiary/aromatic N) is 2. The van der Waals surface area contributed by atoms with Crippen molar-refractivity contribution < 1.29 is 9.59 Å². The second-order valence-corrected chi connectivity index (χ2v) is 9.65. The van der Waals surface area contributed by atoms with Gasteiger partial charge < -0.3 is 10.6 Å².